The maximum absolute atomic E-state index is 12.3. The number of pyridine rings is 1. The van der Waals surface area contributed by atoms with Gasteiger partial charge in [-0.1, -0.05) is 58.5 Å². The van der Waals surface area contributed by atoms with Gasteiger partial charge in [0, 0.05) is 16.5 Å². The van der Waals surface area contributed by atoms with Crippen molar-refractivity contribution in [3.63, 3.8) is 0 Å². The second-order valence-corrected chi connectivity index (χ2v) is 9.04. The Morgan fingerprint density at radius 1 is 1.08 bits per heavy atom. The lowest BCUT2D eigenvalue weighted by Gasteiger charge is -2.18. The van der Waals surface area contributed by atoms with Crippen LogP contribution < -0.4 is 0 Å². The van der Waals surface area contributed by atoms with E-state index >= 15 is 0 Å². The molecular formula is C20H19ClN2OS. The Morgan fingerprint density at radius 3 is 2.48 bits per heavy atom. The zero-order valence-electron chi connectivity index (χ0n) is 14.4. The molecule has 0 bridgehead atoms. The first-order valence-corrected chi connectivity index (χ1v) is 9.45. The van der Waals surface area contributed by atoms with Crippen LogP contribution in [0.5, 0.6) is 0 Å². The summed E-state index contributed by atoms with van der Waals surface area (Å²) in [4.78, 5) is 4.76. The number of halogens is 1. The SMILES string of the molecule is CC(C)(C)[S+]([O-])/N=C/c1cc2cccc(Cl)c2nc1-c1ccccc1. The van der Waals surface area contributed by atoms with E-state index in [4.69, 9.17) is 16.6 Å². The number of rotatable bonds is 3. The molecule has 2 aromatic carbocycles. The lowest BCUT2D eigenvalue weighted by molar-refractivity contribution is 0.562. The standard InChI is InChI=1S/C20H19ClN2OS/c1-20(2,3)25(24)22-13-16-12-15-10-7-11-17(21)19(15)23-18(16)14-8-5-4-6-9-14/h4-13H,1-3H3/b22-13+. The molecule has 1 aromatic heterocycles. The van der Waals surface area contributed by atoms with E-state index in [2.05, 4.69) is 4.40 Å². The molecule has 0 amide bonds. The van der Waals surface area contributed by atoms with E-state index in [-0.39, 0.29) is 0 Å². The summed E-state index contributed by atoms with van der Waals surface area (Å²) in [5.41, 5.74) is 3.30. The van der Waals surface area contributed by atoms with Crippen LogP contribution in [-0.2, 0) is 11.4 Å². The topological polar surface area (TPSA) is 48.3 Å². The summed E-state index contributed by atoms with van der Waals surface area (Å²) < 4.78 is 16.1. The van der Waals surface area contributed by atoms with Crippen LogP contribution in [-0.4, -0.2) is 20.5 Å². The van der Waals surface area contributed by atoms with Crippen LogP contribution in [0.1, 0.15) is 26.3 Å². The van der Waals surface area contributed by atoms with Crippen molar-refractivity contribution >= 4 is 40.1 Å². The number of benzene rings is 2. The minimum atomic E-state index is -1.32. The van der Waals surface area contributed by atoms with E-state index in [0.29, 0.717) is 5.02 Å². The van der Waals surface area contributed by atoms with Gasteiger partial charge in [-0.05, 0) is 32.9 Å². The highest BCUT2D eigenvalue weighted by atomic mass is 35.5. The lowest BCUT2D eigenvalue weighted by atomic mass is 10.0. The monoisotopic (exact) mass is 370 g/mol. The number of hydrogen-bond acceptors (Lipinski definition) is 3. The fourth-order valence-electron chi connectivity index (χ4n) is 2.37. The predicted octanol–water partition coefficient (Wildman–Crippen LogP) is 5.44. The van der Waals surface area contributed by atoms with Gasteiger partial charge >= 0.3 is 0 Å². The predicted molar refractivity (Wildman–Crippen MR) is 108 cm³/mol. The van der Waals surface area contributed by atoms with Gasteiger partial charge in [-0.2, -0.15) is 0 Å². The van der Waals surface area contributed by atoms with Crippen molar-refractivity contribution < 1.29 is 4.55 Å². The Labute approximate surface area is 156 Å². The third-order valence-corrected chi connectivity index (χ3v) is 5.33. The average Bonchev–Trinajstić information content (AvgIpc) is 2.59. The van der Waals surface area contributed by atoms with Gasteiger partial charge in [0.05, 0.1) is 22.4 Å². The van der Waals surface area contributed by atoms with Gasteiger partial charge in [-0.3, -0.25) is 0 Å². The van der Waals surface area contributed by atoms with Crippen LogP contribution in [0.2, 0.25) is 5.02 Å². The summed E-state index contributed by atoms with van der Waals surface area (Å²) in [7, 11) is 0. The summed E-state index contributed by atoms with van der Waals surface area (Å²) in [6, 6.07) is 17.5. The van der Waals surface area contributed by atoms with E-state index in [1.54, 1.807) is 6.21 Å². The maximum Gasteiger partial charge on any atom is 0.144 e. The molecule has 0 radical (unpaired) electrons. The van der Waals surface area contributed by atoms with Crippen molar-refractivity contribution in [3.8, 4) is 11.3 Å². The van der Waals surface area contributed by atoms with Crippen molar-refractivity contribution in [2.75, 3.05) is 0 Å². The highest BCUT2D eigenvalue weighted by Crippen LogP contribution is 2.29. The van der Waals surface area contributed by atoms with Gasteiger partial charge in [0.1, 0.15) is 16.1 Å². The number of nitrogens with zero attached hydrogens (tertiary/aromatic N) is 2. The molecule has 0 aliphatic heterocycles. The summed E-state index contributed by atoms with van der Waals surface area (Å²) >= 11 is 4.99. The zero-order valence-corrected chi connectivity index (χ0v) is 15.9. The van der Waals surface area contributed by atoms with E-state index in [1.807, 2.05) is 75.4 Å². The molecule has 0 N–H and O–H groups in total. The largest absolute Gasteiger partial charge is 0.591 e. The quantitative estimate of drug-likeness (QED) is 0.455. The van der Waals surface area contributed by atoms with Gasteiger partial charge in [0.25, 0.3) is 0 Å². The van der Waals surface area contributed by atoms with Crippen molar-refractivity contribution in [3.05, 3.63) is 65.2 Å². The van der Waals surface area contributed by atoms with Crippen LogP contribution >= 0.6 is 11.6 Å². The Bertz CT molecular complexity index is 920. The molecule has 5 heteroatoms. The molecule has 0 aliphatic rings. The molecule has 25 heavy (non-hydrogen) atoms. The van der Waals surface area contributed by atoms with Gasteiger partial charge in [0.2, 0.25) is 0 Å². The normalized spacial score (nSPS) is 13.5. The lowest BCUT2D eigenvalue weighted by Crippen LogP contribution is -2.25. The summed E-state index contributed by atoms with van der Waals surface area (Å²) in [5.74, 6) is 0. The Hall–Kier alpha value is -1.88. The van der Waals surface area contributed by atoms with Crippen molar-refractivity contribution in [1.29, 1.82) is 0 Å². The van der Waals surface area contributed by atoms with Crippen LogP contribution in [0.25, 0.3) is 22.2 Å². The molecule has 128 valence electrons. The highest BCUT2D eigenvalue weighted by molar-refractivity contribution is 7.91. The molecule has 0 aliphatic carbocycles. The molecule has 3 nitrogen and oxygen atoms in total. The van der Waals surface area contributed by atoms with Crippen molar-refractivity contribution in [2.24, 2.45) is 4.40 Å². The van der Waals surface area contributed by atoms with Crippen molar-refractivity contribution in [1.82, 2.24) is 4.98 Å². The summed E-state index contributed by atoms with van der Waals surface area (Å²) in [5, 5.41) is 1.53. The molecule has 0 saturated carbocycles. The van der Waals surface area contributed by atoms with Crippen molar-refractivity contribution in [2.45, 2.75) is 25.5 Å². The number of aromatic nitrogens is 1. The second kappa shape index (κ2) is 7.16. The minimum absolute atomic E-state index is 0.406. The summed E-state index contributed by atoms with van der Waals surface area (Å²) in [6.45, 7) is 5.70. The van der Waals surface area contributed by atoms with E-state index in [0.717, 1.165) is 27.7 Å². The second-order valence-electron chi connectivity index (χ2n) is 6.70. The molecular weight excluding hydrogens is 352 g/mol. The van der Waals surface area contributed by atoms with Crippen LogP contribution in [0.4, 0.5) is 0 Å². The molecule has 0 spiro atoms. The smallest absolute Gasteiger partial charge is 0.144 e. The van der Waals surface area contributed by atoms with Gasteiger partial charge in [-0.25, -0.2) is 4.98 Å². The fraction of sp³-hybridized carbons (Fsp3) is 0.200. The zero-order chi connectivity index (χ0) is 18.0. The molecule has 1 heterocycles. The van der Waals surface area contributed by atoms with E-state index in [9.17, 15) is 4.55 Å². The first-order valence-electron chi connectivity index (χ1n) is 7.97. The number of hydrogen-bond donors (Lipinski definition) is 0. The van der Waals surface area contributed by atoms with Crippen LogP contribution in [0.3, 0.4) is 0 Å². The Morgan fingerprint density at radius 2 is 1.80 bits per heavy atom. The first kappa shape index (κ1) is 17.9. The summed E-state index contributed by atoms with van der Waals surface area (Å²) in [6.07, 6.45) is 1.65. The third kappa shape index (κ3) is 4.03. The molecule has 3 aromatic rings. The van der Waals surface area contributed by atoms with Gasteiger partial charge in [-0.15, -0.1) is 0 Å². The minimum Gasteiger partial charge on any atom is -0.591 e. The number of para-hydroxylation sites is 1. The van der Waals surface area contributed by atoms with E-state index in [1.165, 1.54) is 0 Å². The van der Waals surface area contributed by atoms with Gasteiger partial charge in [0.15, 0.2) is 0 Å². The number of fused-ring (bicyclic) bond motifs is 1. The molecule has 1 unspecified atom stereocenters. The van der Waals surface area contributed by atoms with Crippen LogP contribution in [0, 0.1) is 0 Å². The molecule has 0 fully saturated rings. The average molecular weight is 371 g/mol. The van der Waals surface area contributed by atoms with Crippen LogP contribution in [0.15, 0.2) is 59.0 Å². The molecule has 0 saturated heterocycles. The molecule has 1 atom stereocenters. The Balaban J connectivity index is 2.17. The maximum atomic E-state index is 12.3. The third-order valence-electron chi connectivity index (χ3n) is 3.68. The van der Waals surface area contributed by atoms with Gasteiger partial charge < -0.3 is 4.55 Å². The fourth-order valence-corrected chi connectivity index (χ4v) is 3.12. The highest BCUT2D eigenvalue weighted by Gasteiger charge is 2.26. The van der Waals surface area contributed by atoms with E-state index < -0.39 is 16.1 Å². The molecule has 3 rings (SSSR count). The Kier molecular flexibility index (Phi) is 5.13. The first-order chi connectivity index (χ1) is 11.9.